The number of sulfonamides is 1. The fraction of sp³-hybridized carbons (Fsp3) is 0.500. The first kappa shape index (κ1) is 31.2. The molecule has 1 saturated carbocycles. The van der Waals surface area contributed by atoms with Crippen LogP contribution >= 0.6 is 35.5 Å². The molecule has 1 amide bonds. The zero-order chi connectivity index (χ0) is 27.4. The van der Waals surface area contributed by atoms with E-state index >= 15 is 0 Å². The number of hydrogen-bond donors (Lipinski definition) is 0. The van der Waals surface area contributed by atoms with Gasteiger partial charge in [0.15, 0.2) is 5.13 Å². The monoisotopic (exact) mass is 624 g/mol. The van der Waals surface area contributed by atoms with E-state index in [1.54, 1.807) is 48.0 Å². The third-order valence-electron chi connectivity index (χ3n) is 7.67. The molecule has 0 atom stereocenters. The summed E-state index contributed by atoms with van der Waals surface area (Å²) in [4.78, 5) is 24.0. The summed E-state index contributed by atoms with van der Waals surface area (Å²) in [6.45, 7) is 4.24. The van der Waals surface area contributed by atoms with Gasteiger partial charge in [0.25, 0.3) is 5.91 Å². The van der Waals surface area contributed by atoms with E-state index in [-0.39, 0.29) is 29.3 Å². The standard InChI is InChI=1S/C28H36N4O4S3.ClH/c1-30(22-6-4-3-5-7-22)39(34,35)24-11-8-21(9-12-24)27(33)32(15-14-31-16-18-36-19-17-31)28-29-25-13-10-23(37-2)20-26(25)38-28;/h8-13,20,22H,3-7,14-19H2,1-2H3;1H. The number of nitrogens with zero attached hydrogens (tertiary/aromatic N) is 4. The third kappa shape index (κ3) is 7.00. The molecule has 1 aliphatic carbocycles. The lowest BCUT2D eigenvalue weighted by Gasteiger charge is -2.30. The van der Waals surface area contributed by atoms with E-state index < -0.39 is 10.0 Å². The molecule has 2 aliphatic rings. The lowest BCUT2D eigenvalue weighted by atomic mass is 9.96. The van der Waals surface area contributed by atoms with E-state index in [0.717, 1.165) is 60.3 Å². The number of morpholine rings is 1. The Morgan fingerprint density at radius 3 is 2.48 bits per heavy atom. The number of thiazole rings is 1. The van der Waals surface area contributed by atoms with Crippen molar-refractivity contribution in [3.05, 3.63) is 48.0 Å². The van der Waals surface area contributed by atoms with Gasteiger partial charge in [0.05, 0.1) is 28.3 Å². The van der Waals surface area contributed by atoms with Gasteiger partial charge in [-0.3, -0.25) is 14.6 Å². The van der Waals surface area contributed by atoms with E-state index in [1.807, 2.05) is 18.4 Å². The van der Waals surface area contributed by atoms with Gasteiger partial charge in [0, 0.05) is 49.7 Å². The molecule has 1 aliphatic heterocycles. The minimum absolute atomic E-state index is 0. The van der Waals surface area contributed by atoms with Crippen LogP contribution in [0.4, 0.5) is 5.13 Å². The molecule has 5 rings (SSSR count). The van der Waals surface area contributed by atoms with Crippen LogP contribution < -0.4 is 4.90 Å². The summed E-state index contributed by atoms with van der Waals surface area (Å²) in [5.41, 5.74) is 1.31. The summed E-state index contributed by atoms with van der Waals surface area (Å²) in [5.74, 6) is -0.183. The Labute approximate surface area is 251 Å². The Morgan fingerprint density at radius 2 is 1.80 bits per heavy atom. The van der Waals surface area contributed by atoms with Gasteiger partial charge in [0.2, 0.25) is 10.0 Å². The zero-order valence-corrected chi connectivity index (χ0v) is 26.2. The summed E-state index contributed by atoms with van der Waals surface area (Å²) < 4.78 is 34.6. The number of benzene rings is 2. The molecule has 0 unspecified atom stereocenters. The minimum Gasteiger partial charge on any atom is -0.379 e. The molecular weight excluding hydrogens is 588 g/mol. The number of hydrogen-bond acceptors (Lipinski definition) is 8. The molecule has 8 nitrogen and oxygen atoms in total. The highest BCUT2D eigenvalue weighted by atomic mass is 35.5. The number of rotatable bonds is 9. The van der Waals surface area contributed by atoms with Gasteiger partial charge in [-0.25, -0.2) is 13.4 Å². The summed E-state index contributed by atoms with van der Waals surface area (Å²) in [6, 6.07) is 12.6. The molecule has 1 aromatic heterocycles. The maximum Gasteiger partial charge on any atom is 0.260 e. The van der Waals surface area contributed by atoms with Crippen molar-refractivity contribution in [2.24, 2.45) is 0 Å². The zero-order valence-electron chi connectivity index (χ0n) is 23.0. The first-order valence-electron chi connectivity index (χ1n) is 13.5. The van der Waals surface area contributed by atoms with Crippen LogP contribution in [-0.4, -0.2) is 87.3 Å². The lowest BCUT2D eigenvalue weighted by Crippen LogP contribution is -2.43. The maximum absolute atomic E-state index is 13.8. The number of amides is 1. The molecule has 0 spiro atoms. The second-order valence-electron chi connectivity index (χ2n) is 10.1. The van der Waals surface area contributed by atoms with Crippen molar-refractivity contribution in [2.75, 3.05) is 57.6 Å². The van der Waals surface area contributed by atoms with Crippen LogP contribution in [0, 0.1) is 0 Å². The number of carbonyl (C=O) groups excluding carboxylic acids is 1. The van der Waals surface area contributed by atoms with Crippen molar-refractivity contribution in [1.82, 2.24) is 14.2 Å². The number of anilines is 1. The highest BCUT2D eigenvalue weighted by Crippen LogP contribution is 2.33. The number of aromatic nitrogens is 1. The van der Waals surface area contributed by atoms with Crippen molar-refractivity contribution in [2.45, 2.75) is 47.9 Å². The Balaban J connectivity index is 0.00000370. The summed E-state index contributed by atoms with van der Waals surface area (Å²) in [7, 11) is -1.95. The van der Waals surface area contributed by atoms with Crippen LogP contribution in [0.5, 0.6) is 0 Å². The molecule has 2 heterocycles. The largest absolute Gasteiger partial charge is 0.379 e. The maximum atomic E-state index is 13.8. The minimum atomic E-state index is -3.62. The highest BCUT2D eigenvalue weighted by Gasteiger charge is 2.30. The first-order chi connectivity index (χ1) is 18.9. The van der Waals surface area contributed by atoms with Crippen molar-refractivity contribution in [3.8, 4) is 0 Å². The summed E-state index contributed by atoms with van der Waals surface area (Å²) >= 11 is 3.18. The number of carbonyl (C=O) groups is 1. The average Bonchev–Trinajstić information content (AvgIpc) is 3.40. The second kappa shape index (κ2) is 14.0. The van der Waals surface area contributed by atoms with E-state index in [4.69, 9.17) is 9.72 Å². The molecule has 0 bridgehead atoms. The van der Waals surface area contributed by atoms with Gasteiger partial charge >= 0.3 is 0 Å². The van der Waals surface area contributed by atoms with Crippen molar-refractivity contribution in [3.63, 3.8) is 0 Å². The Hall–Kier alpha value is -1.73. The van der Waals surface area contributed by atoms with Crippen molar-refractivity contribution in [1.29, 1.82) is 0 Å². The smallest absolute Gasteiger partial charge is 0.260 e. The molecular formula is C28H37ClN4O4S3. The van der Waals surface area contributed by atoms with Crippen LogP contribution in [0.25, 0.3) is 10.2 Å². The fourth-order valence-electron chi connectivity index (χ4n) is 5.22. The highest BCUT2D eigenvalue weighted by molar-refractivity contribution is 7.98. The SMILES string of the molecule is CSc1ccc2nc(N(CCN3CCOCC3)C(=O)c3ccc(S(=O)(=O)N(C)C4CCCCC4)cc3)sc2c1.Cl. The predicted octanol–water partition coefficient (Wildman–Crippen LogP) is 5.37. The van der Waals surface area contributed by atoms with E-state index in [9.17, 15) is 13.2 Å². The second-order valence-corrected chi connectivity index (χ2v) is 14.0. The van der Waals surface area contributed by atoms with Crippen LogP contribution in [-0.2, 0) is 14.8 Å². The van der Waals surface area contributed by atoms with E-state index in [1.165, 1.54) is 15.6 Å². The van der Waals surface area contributed by atoms with Gasteiger partial charge in [-0.15, -0.1) is 24.2 Å². The average molecular weight is 625 g/mol. The Bertz CT molecular complexity index is 1390. The van der Waals surface area contributed by atoms with Crippen LogP contribution in [0.15, 0.2) is 52.3 Å². The number of fused-ring (bicyclic) bond motifs is 1. The first-order valence-corrected chi connectivity index (χ1v) is 17.0. The molecule has 0 N–H and O–H groups in total. The normalized spacial score (nSPS) is 17.2. The van der Waals surface area contributed by atoms with Gasteiger partial charge in [0.1, 0.15) is 0 Å². The third-order valence-corrected chi connectivity index (χ3v) is 11.4. The quantitative estimate of drug-likeness (QED) is 0.296. The van der Waals surface area contributed by atoms with Crippen molar-refractivity contribution < 1.29 is 17.9 Å². The van der Waals surface area contributed by atoms with Gasteiger partial charge < -0.3 is 4.74 Å². The van der Waals surface area contributed by atoms with Crippen LogP contribution in [0.2, 0.25) is 0 Å². The van der Waals surface area contributed by atoms with Gasteiger partial charge in [-0.1, -0.05) is 30.6 Å². The molecule has 12 heteroatoms. The summed E-state index contributed by atoms with van der Waals surface area (Å²) in [6.07, 6.45) is 7.11. The fourth-order valence-corrected chi connectivity index (χ4v) is 8.18. The lowest BCUT2D eigenvalue weighted by molar-refractivity contribution is 0.0391. The predicted molar refractivity (Wildman–Crippen MR) is 166 cm³/mol. The molecule has 2 aromatic carbocycles. The molecule has 0 radical (unpaired) electrons. The van der Waals surface area contributed by atoms with Crippen LogP contribution in [0.1, 0.15) is 42.5 Å². The van der Waals surface area contributed by atoms with Gasteiger partial charge in [-0.05, 0) is 61.6 Å². The van der Waals surface area contributed by atoms with Gasteiger partial charge in [-0.2, -0.15) is 4.31 Å². The molecule has 3 aromatic rings. The number of halogens is 1. The topological polar surface area (TPSA) is 83.0 Å². The molecule has 40 heavy (non-hydrogen) atoms. The number of ether oxygens (including phenoxy) is 1. The van der Waals surface area contributed by atoms with E-state index in [0.29, 0.717) is 37.0 Å². The van der Waals surface area contributed by atoms with E-state index in [2.05, 4.69) is 11.0 Å². The molecule has 218 valence electrons. The number of thioether (sulfide) groups is 1. The Kier molecular flexibility index (Phi) is 10.9. The van der Waals surface area contributed by atoms with Crippen LogP contribution in [0.3, 0.4) is 0 Å². The molecule has 1 saturated heterocycles. The molecule has 2 fully saturated rings. The van der Waals surface area contributed by atoms with Crippen molar-refractivity contribution >= 4 is 66.8 Å². The Morgan fingerprint density at radius 1 is 1.10 bits per heavy atom. The summed E-state index contributed by atoms with van der Waals surface area (Å²) in [5, 5.41) is 0.648.